The average Bonchev–Trinajstić information content (AvgIpc) is 3.78. The molecule has 0 bridgehead atoms. The van der Waals surface area contributed by atoms with E-state index in [0.717, 1.165) is 23.7 Å². The van der Waals surface area contributed by atoms with Crippen LogP contribution in [-0.2, 0) is 9.59 Å². The summed E-state index contributed by atoms with van der Waals surface area (Å²) < 4.78 is 0. The summed E-state index contributed by atoms with van der Waals surface area (Å²) in [7, 11) is 0. The molecule has 4 nitrogen and oxygen atoms in total. The molecule has 3 heterocycles. The van der Waals surface area contributed by atoms with Crippen molar-refractivity contribution in [3.8, 4) is 0 Å². The number of hydrogen-bond donors (Lipinski definition) is 0. The fourth-order valence-corrected chi connectivity index (χ4v) is 8.41. The second-order valence-corrected chi connectivity index (χ2v) is 15.6. The summed E-state index contributed by atoms with van der Waals surface area (Å²) >= 11 is 1.66. The average molecular weight is 667 g/mol. The molecule has 2 aliphatic rings. The normalized spacial score (nSPS) is 16.0. The molecule has 0 radical (unpaired) electrons. The maximum atomic E-state index is 14.2. The van der Waals surface area contributed by atoms with E-state index in [4.69, 9.17) is 0 Å². The Morgan fingerprint density at radius 2 is 1.02 bits per heavy atom. The topological polar surface area (TPSA) is 40.6 Å². The third kappa shape index (κ3) is 13.2. The lowest BCUT2D eigenvalue weighted by molar-refractivity contribution is -0.124. The van der Waals surface area contributed by atoms with Crippen LogP contribution >= 0.6 is 11.3 Å². The number of amides is 2. The van der Waals surface area contributed by atoms with Crippen LogP contribution in [0.3, 0.4) is 0 Å². The molecule has 0 spiro atoms. The SMILES string of the molecule is CCCCCCCCC(CCCCCC)CN1C=C2C(=O)N(CC(CCCCCC)CCCCCCCC)C(c3cccs3)=C2C1=O. The molecule has 1 aromatic rings. The van der Waals surface area contributed by atoms with Crippen molar-refractivity contribution in [1.82, 2.24) is 9.80 Å². The van der Waals surface area contributed by atoms with Gasteiger partial charge < -0.3 is 9.80 Å². The molecule has 0 fully saturated rings. The standard InChI is InChI=1S/C42H70N2O2S/c1-5-9-13-17-19-23-27-35(26-21-15-11-7-3)32-43-34-37-39(42(43)46)40(38-30-25-31-47-38)44(41(37)45)33-36(28-22-16-12-8-4)29-24-20-18-14-10-6-2/h25,30-31,34-36H,5-24,26-29,32-33H2,1-4H3. The molecule has 2 atom stereocenters. The van der Waals surface area contributed by atoms with Crippen molar-refractivity contribution >= 4 is 28.8 Å². The zero-order valence-electron chi connectivity index (χ0n) is 31.0. The van der Waals surface area contributed by atoms with E-state index in [2.05, 4.69) is 45.2 Å². The molecular weight excluding hydrogens is 597 g/mol. The molecule has 266 valence electrons. The third-order valence-electron chi connectivity index (χ3n) is 10.5. The van der Waals surface area contributed by atoms with Crippen molar-refractivity contribution in [2.75, 3.05) is 13.1 Å². The van der Waals surface area contributed by atoms with E-state index in [1.165, 1.54) is 154 Å². The van der Waals surface area contributed by atoms with Gasteiger partial charge in [-0.25, -0.2) is 0 Å². The molecule has 5 heteroatoms. The van der Waals surface area contributed by atoms with Crippen molar-refractivity contribution in [2.24, 2.45) is 11.8 Å². The number of rotatable bonds is 29. The first kappa shape index (κ1) is 39.6. The van der Waals surface area contributed by atoms with Crippen LogP contribution in [0.2, 0.25) is 0 Å². The monoisotopic (exact) mass is 667 g/mol. The van der Waals surface area contributed by atoms with E-state index in [-0.39, 0.29) is 11.8 Å². The van der Waals surface area contributed by atoms with Gasteiger partial charge in [-0.1, -0.05) is 162 Å². The summed E-state index contributed by atoms with van der Waals surface area (Å²) in [5, 5.41) is 2.08. The van der Waals surface area contributed by atoms with Crippen LogP contribution in [0.4, 0.5) is 0 Å². The molecule has 0 N–H and O–H groups in total. The van der Waals surface area contributed by atoms with Crippen LogP contribution < -0.4 is 0 Å². The Labute approximate surface area is 293 Å². The second-order valence-electron chi connectivity index (χ2n) is 14.7. The first-order valence-electron chi connectivity index (χ1n) is 20.2. The highest BCUT2D eigenvalue weighted by Crippen LogP contribution is 2.43. The minimum atomic E-state index is 0.0520. The molecule has 3 rings (SSSR count). The number of unbranched alkanes of at least 4 members (excludes halogenated alkanes) is 16. The smallest absolute Gasteiger partial charge is 0.260 e. The van der Waals surface area contributed by atoms with Crippen LogP contribution in [0, 0.1) is 11.8 Å². The number of hydrogen-bond acceptors (Lipinski definition) is 3. The molecule has 0 aliphatic carbocycles. The first-order chi connectivity index (χ1) is 23.0. The summed E-state index contributed by atoms with van der Waals surface area (Å²) in [6.07, 6.45) is 32.3. The van der Waals surface area contributed by atoms with Crippen LogP contribution in [0.15, 0.2) is 34.9 Å². The minimum absolute atomic E-state index is 0.0520. The molecule has 0 saturated carbocycles. The van der Waals surface area contributed by atoms with Crippen molar-refractivity contribution in [1.29, 1.82) is 0 Å². The Bertz CT molecular complexity index is 1070. The molecule has 2 aliphatic heterocycles. The predicted octanol–water partition coefficient (Wildman–Crippen LogP) is 12.7. The number of carbonyl (C=O) groups is 2. The number of nitrogens with zero attached hydrogens (tertiary/aromatic N) is 2. The number of fused-ring (bicyclic) bond motifs is 1. The number of thiophene rings is 1. The molecule has 47 heavy (non-hydrogen) atoms. The van der Waals surface area contributed by atoms with E-state index in [1.54, 1.807) is 11.3 Å². The summed E-state index contributed by atoms with van der Waals surface area (Å²) in [5.41, 5.74) is 2.21. The van der Waals surface area contributed by atoms with E-state index in [1.807, 2.05) is 16.0 Å². The number of carbonyl (C=O) groups excluding carboxylic acids is 2. The molecular formula is C42H70N2O2S. The van der Waals surface area contributed by atoms with E-state index in [0.29, 0.717) is 23.0 Å². The second kappa shape index (κ2) is 23.5. The van der Waals surface area contributed by atoms with Gasteiger partial charge in [0.1, 0.15) is 0 Å². The van der Waals surface area contributed by atoms with Crippen LogP contribution in [0.1, 0.15) is 187 Å². The highest BCUT2D eigenvalue weighted by atomic mass is 32.1. The van der Waals surface area contributed by atoms with Crippen LogP contribution in [0.25, 0.3) is 5.70 Å². The van der Waals surface area contributed by atoms with Gasteiger partial charge in [-0.05, 0) is 49.0 Å². The quantitative estimate of drug-likeness (QED) is 0.0798. The predicted molar refractivity (Wildman–Crippen MR) is 203 cm³/mol. The fraction of sp³-hybridized carbons (Fsp3) is 0.762. The zero-order chi connectivity index (χ0) is 33.7. The summed E-state index contributed by atoms with van der Waals surface area (Å²) in [6, 6.07) is 4.16. The highest BCUT2D eigenvalue weighted by Gasteiger charge is 2.45. The van der Waals surface area contributed by atoms with Gasteiger partial charge >= 0.3 is 0 Å². The van der Waals surface area contributed by atoms with Crippen LogP contribution in [0.5, 0.6) is 0 Å². The Morgan fingerprint density at radius 1 is 0.574 bits per heavy atom. The Hall–Kier alpha value is -1.88. The summed E-state index contributed by atoms with van der Waals surface area (Å²) in [4.78, 5) is 33.4. The van der Waals surface area contributed by atoms with Gasteiger partial charge in [-0.15, -0.1) is 11.3 Å². The Morgan fingerprint density at radius 3 is 1.49 bits per heavy atom. The van der Waals surface area contributed by atoms with E-state index in [9.17, 15) is 9.59 Å². The van der Waals surface area contributed by atoms with Gasteiger partial charge in [0.2, 0.25) is 0 Å². The maximum Gasteiger partial charge on any atom is 0.260 e. The molecule has 2 amide bonds. The highest BCUT2D eigenvalue weighted by molar-refractivity contribution is 7.11. The molecule has 1 aromatic heterocycles. The van der Waals surface area contributed by atoms with Gasteiger partial charge in [0, 0.05) is 19.3 Å². The van der Waals surface area contributed by atoms with Gasteiger partial charge in [0.25, 0.3) is 11.8 Å². The lowest BCUT2D eigenvalue weighted by Gasteiger charge is -2.28. The van der Waals surface area contributed by atoms with Gasteiger partial charge in [0.15, 0.2) is 0 Å². The summed E-state index contributed by atoms with van der Waals surface area (Å²) in [6.45, 7) is 10.6. The largest absolute Gasteiger partial charge is 0.314 e. The van der Waals surface area contributed by atoms with Gasteiger partial charge in [-0.3, -0.25) is 9.59 Å². The molecule has 0 aromatic carbocycles. The van der Waals surface area contributed by atoms with Crippen molar-refractivity contribution < 1.29 is 9.59 Å². The minimum Gasteiger partial charge on any atom is -0.314 e. The van der Waals surface area contributed by atoms with Crippen molar-refractivity contribution in [3.05, 3.63) is 39.7 Å². The first-order valence-corrected chi connectivity index (χ1v) is 21.1. The molecule has 0 saturated heterocycles. The van der Waals surface area contributed by atoms with E-state index >= 15 is 0 Å². The van der Waals surface area contributed by atoms with Gasteiger partial charge in [0.05, 0.1) is 21.7 Å². The van der Waals surface area contributed by atoms with Crippen LogP contribution in [-0.4, -0.2) is 34.7 Å². The fourth-order valence-electron chi connectivity index (χ4n) is 7.63. The lowest BCUT2D eigenvalue weighted by atomic mass is 9.93. The van der Waals surface area contributed by atoms with Gasteiger partial charge in [-0.2, -0.15) is 0 Å². The Kier molecular flexibility index (Phi) is 19.8. The molecule has 2 unspecified atom stereocenters. The Balaban J connectivity index is 1.74. The third-order valence-corrected chi connectivity index (χ3v) is 11.4. The lowest BCUT2D eigenvalue weighted by Crippen LogP contribution is -2.33. The zero-order valence-corrected chi connectivity index (χ0v) is 31.8. The van der Waals surface area contributed by atoms with E-state index < -0.39 is 0 Å². The van der Waals surface area contributed by atoms with Crippen molar-refractivity contribution in [3.63, 3.8) is 0 Å². The van der Waals surface area contributed by atoms with Crippen molar-refractivity contribution in [2.45, 2.75) is 182 Å². The maximum absolute atomic E-state index is 14.2. The summed E-state index contributed by atoms with van der Waals surface area (Å²) in [5.74, 6) is 1.08.